The summed E-state index contributed by atoms with van der Waals surface area (Å²) < 4.78 is 5.55. The number of pyridine rings is 1. The van der Waals surface area contributed by atoms with Gasteiger partial charge >= 0.3 is 0 Å². The topological polar surface area (TPSA) is 62.4 Å². The number of hydrogen-bond acceptors (Lipinski definition) is 3. The Balaban J connectivity index is 1.93. The first-order valence-electron chi connectivity index (χ1n) is 9.20. The molecule has 3 rings (SSSR count). The lowest BCUT2D eigenvalue weighted by Gasteiger charge is -2.28. The molecule has 1 aromatic heterocycles. The smallest absolute Gasteiger partial charge is 0.253 e. The summed E-state index contributed by atoms with van der Waals surface area (Å²) in [6.45, 7) is 4.80. The van der Waals surface area contributed by atoms with E-state index in [1.807, 2.05) is 43.0 Å². The number of nitrogens with zero attached hydrogens (tertiary/aromatic N) is 1. The number of benzene rings is 1. The highest BCUT2D eigenvalue weighted by molar-refractivity contribution is 5.81. The minimum absolute atomic E-state index is 0.120. The lowest BCUT2D eigenvalue weighted by atomic mass is 10.1. The summed E-state index contributed by atoms with van der Waals surface area (Å²) in [6, 6.07) is 7.79. The molecule has 25 heavy (non-hydrogen) atoms. The van der Waals surface area contributed by atoms with Crippen molar-refractivity contribution in [2.24, 2.45) is 0 Å². The molecule has 0 radical (unpaired) electrons. The van der Waals surface area contributed by atoms with Crippen molar-refractivity contribution in [2.75, 3.05) is 6.61 Å². The molecule has 1 aromatic carbocycles. The summed E-state index contributed by atoms with van der Waals surface area (Å²) in [5.74, 6) is 0.903. The zero-order valence-electron chi connectivity index (χ0n) is 15.0. The summed E-state index contributed by atoms with van der Waals surface area (Å²) in [6.07, 6.45) is 4.85. The SMILES string of the molecule is CCOc1ccc2[nH]c(=O)c(CN(C(=O)CC)C3CCCC3)cc2c1. The average molecular weight is 342 g/mol. The number of carbonyl (C=O) groups excluding carboxylic acids is 1. The molecule has 1 aliphatic carbocycles. The summed E-state index contributed by atoms with van der Waals surface area (Å²) in [5.41, 5.74) is 1.30. The van der Waals surface area contributed by atoms with Gasteiger partial charge in [-0.1, -0.05) is 19.8 Å². The average Bonchev–Trinajstić information content (AvgIpc) is 3.14. The first-order valence-corrected chi connectivity index (χ1v) is 9.20. The normalized spacial score (nSPS) is 14.8. The molecule has 0 aliphatic heterocycles. The van der Waals surface area contributed by atoms with Gasteiger partial charge in [0.2, 0.25) is 5.91 Å². The van der Waals surface area contributed by atoms with E-state index in [-0.39, 0.29) is 17.5 Å². The van der Waals surface area contributed by atoms with Crippen molar-refractivity contribution in [3.63, 3.8) is 0 Å². The van der Waals surface area contributed by atoms with Crippen molar-refractivity contribution in [1.29, 1.82) is 0 Å². The molecule has 0 saturated heterocycles. The molecule has 5 heteroatoms. The van der Waals surface area contributed by atoms with Crippen LogP contribution in [0.2, 0.25) is 0 Å². The Hall–Kier alpha value is -2.30. The lowest BCUT2D eigenvalue weighted by molar-refractivity contribution is -0.133. The van der Waals surface area contributed by atoms with E-state index in [2.05, 4.69) is 4.98 Å². The number of rotatable bonds is 6. The fraction of sp³-hybridized carbons (Fsp3) is 0.500. The van der Waals surface area contributed by atoms with Crippen LogP contribution in [0.1, 0.15) is 51.5 Å². The number of amides is 1. The maximum Gasteiger partial charge on any atom is 0.253 e. The van der Waals surface area contributed by atoms with Gasteiger partial charge in [0.05, 0.1) is 13.2 Å². The molecule has 1 heterocycles. The number of H-pyrrole nitrogens is 1. The summed E-state index contributed by atoms with van der Waals surface area (Å²) in [5, 5.41) is 0.927. The zero-order valence-corrected chi connectivity index (χ0v) is 15.0. The van der Waals surface area contributed by atoms with Gasteiger partial charge in [-0.25, -0.2) is 0 Å². The molecule has 0 bridgehead atoms. The van der Waals surface area contributed by atoms with Gasteiger partial charge in [0.1, 0.15) is 5.75 Å². The summed E-state index contributed by atoms with van der Waals surface area (Å²) in [7, 11) is 0. The molecule has 1 fully saturated rings. The summed E-state index contributed by atoms with van der Waals surface area (Å²) >= 11 is 0. The van der Waals surface area contributed by atoms with Gasteiger partial charge in [-0.3, -0.25) is 9.59 Å². The van der Waals surface area contributed by atoms with Crippen LogP contribution >= 0.6 is 0 Å². The van der Waals surface area contributed by atoms with E-state index in [9.17, 15) is 9.59 Å². The molecular formula is C20H26N2O3. The highest BCUT2D eigenvalue weighted by Crippen LogP contribution is 2.26. The molecule has 0 atom stereocenters. The van der Waals surface area contributed by atoms with E-state index >= 15 is 0 Å². The molecule has 0 unspecified atom stereocenters. The highest BCUT2D eigenvalue weighted by atomic mass is 16.5. The first-order chi connectivity index (χ1) is 12.1. The number of aromatic nitrogens is 1. The Morgan fingerprint density at radius 3 is 2.68 bits per heavy atom. The number of fused-ring (bicyclic) bond motifs is 1. The number of aromatic amines is 1. The highest BCUT2D eigenvalue weighted by Gasteiger charge is 2.26. The predicted octanol–water partition coefficient (Wildman–Crippen LogP) is 3.61. The van der Waals surface area contributed by atoms with Crippen LogP contribution < -0.4 is 10.3 Å². The molecule has 1 aliphatic rings. The Kier molecular flexibility index (Phi) is 5.41. The van der Waals surface area contributed by atoms with Gasteiger partial charge in [0.25, 0.3) is 5.56 Å². The molecule has 0 spiro atoms. The molecule has 1 amide bonds. The number of carbonyl (C=O) groups is 1. The third-order valence-corrected chi connectivity index (χ3v) is 4.93. The van der Waals surface area contributed by atoms with Crippen molar-refractivity contribution >= 4 is 16.8 Å². The van der Waals surface area contributed by atoms with Gasteiger partial charge in [-0.15, -0.1) is 0 Å². The Labute approximate surface area is 148 Å². The largest absolute Gasteiger partial charge is 0.494 e. The van der Waals surface area contributed by atoms with E-state index in [1.165, 1.54) is 0 Å². The molecule has 134 valence electrons. The fourth-order valence-electron chi connectivity index (χ4n) is 3.63. The second kappa shape index (κ2) is 7.72. The zero-order chi connectivity index (χ0) is 17.8. The Morgan fingerprint density at radius 1 is 1.24 bits per heavy atom. The molecule has 2 aromatic rings. The van der Waals surface area contributed by atoms with Gasteiger partial charge in [0.15, 0.2) is 0 Å². The van der Waals surface area contributed by atoms with Crippen LogP contribution in [0.15, 0.2) is 29.1 Å². The van der Waals surface area contributed by atoms with Crippen molar-refractivity contribution in [1.82, 2.24) is 9.88 Å². The quantitative estimate of drug-likeness (QED) is 0.872. The van der Waals surface area contributed by atoms with Crippen LogP contribution in [0, 0.1) is 0 Å². The fourth-order valence-corrected chi connectivity index (χ4v) is 3.63. The molecule has 5 nitrogen and oxygen atoms in total. The van der Waals surface area contributed by atoms with E-state index in [1.54, 1.807) is 0 Å². The van der Waals surface area contributed by atoms with Crippen LogP contribution in [-0.4, -0.2) is 28.4 Å². The van der Waals surface area contributed by atoms with Gasteiger partial charge in [0, 0.05) is 28.9 Å². The maximum absolute atomic E-state index is 12.5. The van der Waals surface area contributed by atoms with Crippen LogP contribution in [-0.2, 0) is 11.3 Å². The third-order valence-electron chi connectivity index (χ3n) is 4.93. The van der Waals surface area contributed by atoms with Crippen LogP contribution in [0.5, 0.6) is 5.75 Å². The monoisotopic (exact) mass is 342 g/mol. The van der Waals surface area contributed by atoms with E-state index in [4.69, 9.17) is 4.74 Å². The second-order valence-corrected chi connectivity index (χ2v) is 6.62. The maximum atomic E-state index is 12.5. The van der Waals surface area contributed by atoms with Crippen LogP contribution in [0.25, 0.3) is 10.9 Å². The molecule has 1 N–H and O–H groups in total. The first kappa shape index (κ1) is 17.5. The minimum atomic E-state index is -0.122. The number of nitrogens with one attached hydrogen (secondary N) is 1. The molecule has 1 saturated carbocycles. The number of hydrogen-bond donors (Lipinski definition) is 1. The third kappa shape index (κ3) is 3.86. The number of ether oxygens (including phenoxy) is 1. The van der Waals surface area contributed by atoms with Crippen molar-refractivity contribution in [3.05, 3.63) is 40.2 Å². The lowest BCUT2D eigenvalue weighted by Crippen LogP contribution is -2.39. The predicted molar refractivity (Wildman–Crippen MR) is 98.8 cm³/mol. The van der Waals surface area contributed by atoms with Gasteiger partial charge in [-0.05, 0) is 44.0 Å². The van der Waals surface area contributed by atoms with Crippen molar-refractivity contribution in [2.45, 2.75) is 58.5 Å². The summed E-state index contributed by atoms with van der Waals surface area (Å²) in [4.78, 5) is 29.7. The van der Waals surface area contributed by atoms with Gasteiger partial charge in [-0.2, -0.15) is 0 Å². The minimum Gasteiger partial charge on any atom is -0.494 e. The van der Waals surface area contributed by atoms with Crippen LogP contribution in [0.3, 0.4) is 0 Å². The standard InChI is InChI=1S/C20H26N2O3/c1-3-19(23)22(16-7-5-6-8-16)13-15-11-14-12-17(25-4-2)9-10-18(14)21-20(15)24/h9-12,16H,3-8,13H2,1-2H3,(H,21,24). The van der Waals surface area contributed by atoms with E-state index < -0.39 is 0 Å². The van der Waals surface area contributed by atoms with Crippen molar-refractivity contribution in [3.8, 4) is 5.75 Å². The Bertz CT molecular complexity index is 806. The molecular weight excluding hydrogens is 316 g/mol. The van der Waals surface area contributed by atoms with Crippen molar-refractivity contribution < 1.29 is 9.53 Å². The Morgan fingerprint density at radius 2 is 2.00 bits per heavy atom. The van der Waals surface area contributed by atoms with E-state index in [0.29, 0.717) is 25.1 Å². The van der Waals surface area contributed by atoms with Crippen LogP contribution in [0.4, 0.5) is 0 Å². The van der Waals surface area contributed by atoms with E-state index in [0.717, 1.165) is 42.3 Å². The van der Waals surface area contributed by atoms with Gasteiger partial charge < -0.3 is 14.6 Å². The second-order valence-electron chi connectivity index (χ2n) is 6.62.